The first kappa shape index (κ1) is 22.0. The van der Waals surface area contributed by atoms with E-state index in [-0.39, 0.29) is 0 Å². The molecule has 5 rings (SSSR count). The maximum absolute atomic E-state index is 5.81. The lowest BCUT2D eigenvalue weighted by molar-refractivity contribution is 0.0220. The van der Waals surface area contributed by atoms with Crippen molar-refractivity contribution >= 4 is 27.4 Å². The second kappa shape index (κ2) is 8.52. The summed E-state index contributed by atoms with van der Waals surface area (Å²) in [5, 5.41) is 4.81. The van der Waals surface area contributed by atoms with Crippen LogP contribution in [0.2, 0.25) is 0 Å². The van der Waals surface area contributed by atoms with Gasteiger partial charge >= 0.3 is 0 Å². The van der Waals surface area contributed by atoms with Gasteiger partial charge in [0, 0.05) is 36.8 Å². The van der Waals surface area contributed by atoms with Crippen LogP contribution in [0.3, 0.4) is 0 Å². The van der Waals surface area contributed by atoms with Gasteiger partial charge in [0.2, 0.25) is 0 Å². The molecule has 1 aliphatic rings. The Labute approximate surface area is 198 Å². The topological polar surface area (TPSA) is 65.3 Å². The van der Waals surface area contributed by atoms with Crippen LogP contribution in [0.4, 0.5) is 5.82 Å². The highest BCUT2D eigenvalue weighted by molar-refractivity contribution is 7.20. The van der Waals surface area contributed by atoms with Gasteiger partial charge < -0.3 is 14.4 Å². The molecule has 0 bridgehead atoms. The molecule has 4 aromatic rings. The van der Waals surface area contributed by atoms with Crippen LogP contribution in [-0.2, 0) is 15.1 Å². The van der Waals surface area contributed by atoms with Crippen molar-refractivity contribution in [2.45, 2.75) is 33.3 Å². The SMILES string of the molecule is COC(C)(C)c1sc2c(N3CCOCC3)nc(-n3ccc(-c4cccc(C)c4)n3)nc2c1C. The molecule has 1 saturated heterocycles. The first-order valence-corrected chi connectivity index (χ1v) is 12.0. The largest absolute Gasteiger partial charge is 0.378 e. The second-order valence-corrected chi connectivity index (χ2v) is 9.93. The number of hydrogen-bond donors (Lipinski definition) is 0. The summed E-state index contributed by atoms with van der Waals surface area (Å²) in [6.07, 6.45) is 1.93. The van der Waals surface area contributed by atoms with E-state index < -0.39 is 5.60 Å². The quantitative estimate of drug-likeness (QED) is 0.420. The Kier molecular flexibility index (Phi) is 5.68. The van der Waals surface area contributed by atoms with E-state index in [1.165, 1.54) is 10.4 Å². The number of anilines is 1. The lowest BCUT2D eigenvalue weighted by Crippen LogP contribution is -2.37. The van der Waals surface area contributed by atoms with Gasteiger partial charge in [-0.1, -0.05) is 23.8 Å². The summed E-state index contributed by atoms with van der Waals surface area (Å²) in [4.78, 5) is 13.5. The highest BCUT2D eigenvalue weighted by Gasteiger charge is 2.29. The highest BCUT2D eigenvalue weighted by Crippen LogP contribution is 2.42. The van der Waals surface area contributed by atoms with E-state index in [9.17, 15) is 0 Å². The summed E-state index contributed by atoms with van der Waals surface area (Å²) in [5.74, 6) is 1.52. The Bertz CT molecular complexity index is 1300. The summed E-state index contributed by atoms with van der Waals surface area (Å²) < 4.78 is 14.3. The fourth-order valence-corrected chi connectivity index (χ4v) is 5.56. The van der Waals surface area contributed by atoms with Gasteiger partial charge in [0.15, 0.2) is 5.82 Å². The summed E-state index contributed by atoms with van der Waals surface area (Å²) in [6.45, 7) is 11.4. The molecule has 1 aliphatic heterocycles. The number of nitrogens with zero attached hydrogens (tertiary/aromatic N) is 5. The third kappa shape index (κ3) is 4.03. The predicted octanol–water partition coefficient (Wildman–Crippen LogP) is 4.88. The zero-order chi connectivity index (χ0) is 23.2. The summed E-state index contributed by atoms with van der Waals surface area (Å²) in [5.41, 5.74) is 4.88. The number of aromatic nitrogens is 4. The van der Waals surface area contributed by atoms with Crippen LogP contribution in [0.25, 0.3) is 27.4 Å². The van der Waals surface area contributed by atoms with Gasteiger partial charge in [0.1, 0.15) is 0 Å². The second-order valence-electron chi connectivity index (χ2n) is 8.91. The standard InChI is InChI=1S/C25H29N5O2S/c1-16-7-6-8-18(15-16)19-9-10-30(28-19)24-26-20-17(2)22(25(3,4)31-5)33-21(20)23(27-24)29-11-13-32-14-12-29/h6-10,15H,11-14H2,1-5H3. The zero-order valence-corrected chi connectivity index (χ0v) is 20.6. The lowest BCUT2D eigenvalue weighted by atomic mass is 10.0. The van der Waals surface area contributed by atoms with E-state index in [4.69, 9.17) is 24.5 Å². The van der Waals surface area contributed by atoms with Crippen LogP contribution in [0, 0.1) is 13.8 Å². The molecule has 7 nitrogen and oxygen atoms in total. The molecule has 4 heterocycles. The smallest absolute Gasteiger partial charge is 0.253 e. The van der Waals surface area contributed by atoms with Gasteiger partial charge in [-0.15, -0.1) is 11.3 Å². The summed E-state index contributed by atoms with van der Waals surface area (Å²) in [6, 6.07) is 10.4. The Balaban J connectivity index is 1.66. The minimum Gasteiger partial charge on any atom is -0.378 e. The fourth-order valence-electron chi connectivity index (χ4n) is 4.21. The first-order valence-electron chi connectivity index (χ1n) is 11.2. The molecular weight excluding hydrogens is 434 g/mol. The van der Waals surface area contributed by atoms with Crippen LogP contribution in [0.5, 0.6) is 0 Å². The van der Waals surface area contributed by atoms with E-state index in [1.807, 2.05) is 12.3 Å². The molecule has 0 spiro atoms. The third-order valence-electron chi connectivity index (χ3n) is 6.21. The van der Waals surface area contributed by atoms with Crippen molar-refractivity contribution in [3.05, 3.63) is 52.5 Å². The summed E-state index contributed by atoms with van der Waals surface area (Å²) in [7, 11) is 1.75. The number of hydrogen-bond acceptors (Lipinski definition) is 7. The minimum absolute atomic E-state index is 0.401. The number of ether oxygens (including phenoxy) is 2. The molecule has 0 N–H and O–H groups in total. The number of fused-ring (bicyclic) bond motifs is 1. The normalized spacial score (nSPS) is 14.9. The molecule has 0 amide bonds. The van der Waals surface area contributed by atoms with E-state index in [0.717, 1.165) is 45.9 Å². The molecule has 33 heavy (non-hydrogen) atoms. The molecule has 0 aliphatic carbocycles. The first-order chi connectivity index (χ1) is 15.9. The molecule has 0 radical (unpaired) electrons. The van der Waals surface area contributed by atoms with Crippen molar-refractivity contribution in [1.82, 2.24) is 19.7 Å². The lowest BCUT2D eigenvalue weighted by Gasteiger charge is -2.28. The van der Waals surface area contributed by atoms with Crippen LogP contribution >= 0.6 is 11.3 Å². The van der Waals surface area contributed by atoms with Crippen molar-refractivity contribution in [2.24, 2.45) is 0 Å². The van der Waals surface area contributed by atoms with E-state index in [0.29, 0.717) is 19.2 Å². The van der Waals surface area contributed by atoms with Gasteiger partial charge in [-0.25, -0.2) is 9.67 Å². The number of methoxy groups -OCH3 is 1. The monoisotopic (exact) mass is 463 g/mol. The van der Waals surface area contributed by atoms with Gasteiger partial charge in [-0.2, -0.15) is 10.1 Å². The molecule has 0 saturated carbocycles. The maximum Gasteiger partial charge on any atom is 0.253 e. The molecule has 3 aromatic heterocycles. The van der Waals surface area contributed by atoms with Crippen LogP contribution < -0.4 is 4.90 Å². The fraction of sp³-hybridized carbons (Fsp3) is 0.400. The maximum atomic E-state index is 5.81. The van der Waals surface area contributed by atoms with Gasteiger partial charge in [-0.05, 0) is 45.4 Å². The Morgan fingerprint density at radius 2 is 1.88 bits per heavy atom. The Morgan fingerprint density at radius 1 is 1.09 bits per heavy atom. The van der Waals surface area contributed by atoms with Crippen molar-refractivity contribution in [3.8, 4) is 17.2 Å². The zero-order valence-electron chi connectivity index (χ0n) is 19.8. The average Bonchev–Trinajstić information content (AvgIpc) is 3.45. The van der Waals surface area contributed by atoms with Crippen molar-refractivity contribution < 1.29 is 9.47 Å². The molecular formula is C25H29N5O2S. The third-order valence-corrected chi connectivity index (χ3v) is 7.79. The number of morpholine rings is 1. The summed E-state index contributed by atoms with van der Waals surface area (Å²) >= 11 is 1.72. The van der Waals surface area contributed by atoms with Gasteiger partial charge in [0.25, 0.3) is 5.95 Å². The Hall–Kier alpha value is -2.81. The number of rotatable bonds is 5. The van der Waals surface area contributed by atoms with E-state index in [1.54, 1.807) is 23.1 Å². The van der Waals surface area contributed by atoms with Crippen molar-refractivity contribution in [2.75, 3.05) is 38.3 Å². The van der Waals surface area contributed by atoms with Gasteiger partial charge in [0.05, 0.1) is 34.7 Å². The minimum atomic E-state index is -0.401. The molecule has 1 aromatic carbocycles. The molecule has 0 atom stereocenters. The van der Waals surface area contributed by atoms with Crippen molar-refractivity contribution in [3.63, 3.8) is 0 Å². The Morgan fingerprint density at radius 3 is 2.61 bits per heavy atom. The molecule has 1 fully saturated rings. The molecule has 0 unspecified atom stereocenters. The molecule has 8 heteroatoms. The van der Waals surface area contributed by atoms with Crippen LogP contribution in [-0.4, -0.2) is 53.2 Å². The van der Waals surface area contributed by atoms with E-state index in [2.05, 4.69) is 56.9 Å². The number of benzene rings is 1. The van der Waals surface area contributed by atoms with Crippen LogP contribution in [0.1, 0.15) is 29.9 Å². The van der Waals surface area contributed by atoms with Crippen molar-refractivity contribution in [1.29, 1.82) is 0 Å². The number of thiophene rings is 1. The van der Waals surface area contributed by atoms with Crippen LogP contribution in [0.15, 0.2) is 36.5 Å². The molecule has 172 valence electrons. The number of aryl methyl sites for hydroxylation is 2. The predicted molar refractivity (Wildman–Crippen MR) is 133 cm³/mol. The average molecular weight is 464 g/mol. The van der Waals surface area contributed by atoms with Gasteiger partial charge in [-0.3, -0.25) is 0 Å². The van der Waals surface area contributed by atoms with E-state index >= 15 is 0 Å². The highest BCUT2D eigenvalue weighted by atomic mass is 32.1.